The third-order valence-corrected chi connectivity index (χ3v) is 8.20. The monoisotopic (exact) mass is 547 g/mol. The van der Waals surface area contributed by atoms with Crippen LogP contribution >= 0.6 is 35.6 Å². The van der Waals surface area contributed by atoms with E-state index in [0.717, 1.165) is 28.5 Å². The molecule has 1 saturated heterocycles. The van der Waals surface area contributed by atoms with E-state index in [1.54, 1.807) is 30.3 Å². The first-order chi connectivity index (χ1) is 17.7. The first-order valence-electron chi connectivity index (χ1n) is 11.5. The van der Waals surface area contributed by atoms with Gasteiger partial charge < -0.3 is 5.32 Å². The maximum absolute atomic E-state index is 13.6. The molecule has 2 aliphatic heterocycles. The molecule has 2 aliphatic rings. The van der Waals surface area contributed by atoms with Gasteiger partial charge in [0.2, 0.25) is 5.91 Å². The number of nitrogens with zero attached hydrogens (tertiary/aromatic N) is 2. The Bertz CT molecular complexity index is 1520. The lowest BCUT2D eigenvalue weighted by atomic mass is 10.1. The van der Waals surface area contributed by atoms with Crippen molar-refractivity contribution in [1.29, 1.82) is 0 Å². The molecule has 37 heavy (non-hydrogen) atoms. The Balaban J connectivity index is 1.43. The van der Waals surface area contributed by atoms with E-state index in [2.05, 4.69) is 5.32 Å². The third-order valence-electron chi connectivity index (χ3n) is 6.38. The number of nitrogens with one attached hydrogen (secondary N) is 1. The molecule has 2 heterocycles. The van der Waals surface area contributed by atoms with Gasteiger partial charge in [0.1, 0.15) is 10.9 Å². The van der Waals surface area contributed by atoms with Crippen molar-refractivity contribution in [2.45, 2.75) is 20.4 Å². The van der Waals surface area contributed by atoms with E-state index in [1.807, 2.05) is 50.2 Å². The summed E-state index contributed by atoms with van der Waals surface area (Å²) in [6.45, 7) is 3.99. The second-order valence-electron chi connectivity index (χ2n) is 8.81. The molecule has 186 valence electrons. The average molecular weight is 548 g/mol. The molecule has 3 aromatic carbocycles. The van der Waals surface area contributed by atoms with Crippen molar-refractivity contribution < 1.29 is 14.4 Å². The van der Waals surface area contributed by atoms with Gasteiger partial charge in [-0.05, 0) is 54.8 Å². The normalized spacial score (nSPS) is 17.0. The van der Waals surface area contributed by atoms with E-state index in [0.29, 0.717) is 26.3 Å². The molecule has 0 atom stereocenters. The van der Waals surface area contributed by atoms with Gasteiger partial charge in [-0.2, -0.15) is 0 Å². The van der Waals surface area contributed by atoms with Crippen LogP contribution in [0.15, 0.2) is 71.6 Å². The molecule has 0 radical (unpaired) electrons. The van der Waals surface area contributed by atoms with Gasteiger partial charge in [0.15, 0.2) is 0 Å². The molecule has 0 spiro atoms. The molecule has 5 rings (SSSR count). The Morgan fingerprint density at radius 1 is 0.946 bits per heavy atom. The van der Waals surface area contributed by atoms with Gasteiger partial charge >= 0.3 is 0 Å². The number of benzene rings is 3. The van der Waals surface area contributed by atoms with Crippen LogP contribution in [0.25, 0.3) is 5.57 Å². The number of halogens is 1. The predicted octanol–water partition coefficient (Wildman–Crippen LogP) is 5.71. The molecule has 0 bridgehead atoms. The molecule has 3 amide bonds. The van der Waals surface area contributed by atoms with E-state index < -0.39 is 5.91 Å². The van der Waals surface area contributed by atoms with Gasteiger partial charge in [0, 0.05) is 16.3 Å². The lowest BCUT2D eigenvalue weighted by molar-refractivity contribution is -0.122. The number of thioether (sulfide) groups is 1. The van der Waals surface area contributed by atoms with Crippen molar-refractivity contribution >= 4 is 74.6 Å². The Morgan fingerprint density at radius 3 is 2.43 bits per heavy atom. The van der Waals surface area contributed by atoms with E-state index in [4.69, 9.17) is 23.8 Å². The molecule has 1 fully saturated rings. The highest BCUT2D eigenvalue weighted by Gasteiger charge is 2.42. The molecule has 6 nitrogen and oxygen atoms in total. The minimum atomic E-state index is -0.408. The summed E-state index contributed by atoms with van der Waals surface area (Å²) in [6.07, 6.45) is 0. The summed E-state index contributed by atoms with van der Waals surface area (Å²) < 4.78 is 0.351. The first-order valence-corrected chi connectivity index (χ1v) is 13.1. The molecule has 0 saturated carbocycles. The number of fused-ring (bicyclic) bond motifs is 1. The number of rotatable bonds is 5. The maximum Gasteiger partial charge on any atom is 0.267 e. The number of hydrogen-bond acceptors (Lipinski definition) is 5. The van der Waals surface area contributed by atoms with Crippen LogP contribution in [0, 0.1) is 13.8 Å². The molecule has 3 aromatic rings. The minimum Gasteiger partial charge on any atom is -0.325 e. The van der Waals surface area contributed by atoms with Crippen LogP contribution in [0.2, 0.25) is 5.02 Å². The minimum absolute atomic E-state index is 0.188. The fraction of sp³-hybridized carbons (Fsp3) is 0.143. The molecular weight excluding hydrogens is 526 g/mol. The van der Waals surface area contributed by atoms with Crippen LogP contribution < -0.4 is 10.2 Å². The van der Waals surface area contributed by atoms with Gasteiger partial charge in [-0.1, -0.05) is 78.0 Å². The van der Waals surface area contributed by atoms with E-state index in [-0.39, 0.29) is 35.4 Å². The van der Waals surface area contributed by atoms with E-state index >= 15 is 0 Å². The summed E-state index contributed by atoms with van der Waals surface area (Å²) in [5.74, 6) is -1.09. The van der Waals surface area contributed by atoms with Crippen LogP contribution in [0.3, 0.4) is 0 Å². The zero-order valence-electron chi connectivity index (χ0n) is 20.1. The Morgan fingerprint density at radius 2 is 1.68 bits per heavy atom. The highest BCUT2D eigenvalue weighted by molar-refractivity contribution is 8.26. The van der Waals surface area contributed by atoms with Crippen LogP contribution in [0.1, 0.15) is 22.3 Å². The molecule has 0 aromatic heterocycles. The SMILES string of the molecule is Cc1ccc(NC(=O)CN2C(=O)/C(=C3\SC(=S)N(Cc4ccccc4Cl)C3=O)c3ccccc32)cc1C. The number of carbonyl (C=O) groups excluding carboxylic acids is 3. The molecule has 1 N–H and O–H groups in total. The second kappa shape index (κ2) is 10.1. The Labute approximate surface area is 229 Å². The standard InChI is InChI=1S/C28H22ClN3O3S2/c1-16-11-12-19(13-17(16)2)30-23(33)15-31-22-10-6-4-8-20(22)24(26(31)34)25-27(35)32(28(36)37-25)14-18-7-3-5-9-21(18)29/h3-13H,14-15H2,1-2H3,(H,30,33)/b25-24-. The summed E-state index contributed by atoms with van der Waals surface area (Å²) in [4.78, 5) is 43.1. The van der Waals surface area contributed by atoms with Crippen molar-refractivity contribution in [3.05, 3.63) is 98.9 Å². The van der Waals surface area contributed by atoms with Crippen LogP contribution in [-0.4, -0.2) is 33.5 Å². The summed E-state index contributed by atoms with van der Waals surface area (Å²) in [7, 11) is 0. The van der Waals surface area contributed by atoms with Crippen molar-refractivity contribution in [1.82, 2.24) is 4.90 Å². The molecule has 0 unspecified atom stereocenters. The number of anilines is 2. The Kier molecular flexibility index (Phi) is 6.90. The van der Waals surface area contributed by atoms with Gasteiger partial charge in [-0.3, -0.25) is 24.2 Å². The average Bonchev–Trinajstić information content (AvgIpc) is 3.30. The summed E-state index contributed by atoms with van der Waals surface area (Å²) in [6, 6.07) is 20.1. The van der Waals surface area contributed by atoms with Crippen molar-refractivity contribution in [3.63, 3.8) is 0 Å². The predicted molar refractivity (Wildman–Crippen MR) is 152 cm³/mol. The largest absolute Gasteiger partial charge is 0.325 e. The lowest BCUT2D eigenvalue weighted by Gasteiger charge is -2.17. The first kappa shape index (κ1) is 25.2. The summed E-state index contributed by atoms with van der Waals surface area (Å²) in [5, 5.41) is 3.40. The third kappa shape index (κ3) is 4.80. The van der Waals surface area contributed by atoms with Crippen molar-refractivity contribution in [3.8, 4) is 0 Å². The van der Waals surface area contributed by atoms with Crippen LogP contribution in [0.5, 0.6) is 0 Å². The summed E-state index contributed by atoms with van der Waals surface area (Å²) >= 11 is 12.9. The van der Waals surface area contributed by atoms with Crippen LogP contribution in [-0.2, 0) is 20.9 Å². The van der Waals surface area contributed by atoms with E-state index in [9.17, 15) is 14.4 Å². The number of carbonyl (C=O) groups is 3. The van der Waals surface area contributed by atoms with Crippen molar-refractivity contribution in [2.75, 3.05) is 16.8 Å². The fourth-order valence-electron chi connectivity index (χ4n) is 4.30. The Hall–Kier alpha value is -3.46. The van der Waals surface area contributed by atoms with Crippen molar-refractivity contribution in [2.24, 2.45) is 0 Å². The van der Waals surface area contributed by atoms with Gasteiger partial charge in [0.25, 0.3) is 11.8 Å². The summed E-state index contributed by atoms with van der Waals surface area (Å²) in [5.41, 5.74) is 5.04. The number of amides is 3. The molecular formula is C28H22ClN3O3S2. The highest BCUT2D eigenvalue weighted by atomic mass is 35.5. The maximum atomic E-state index is 13.6. The zero-order chi connectivity index (χ0) is 26.3. The smallest absolute Gasteiger partial charge is 0.267 e. The van der Waals surface area contributed by atoms with Gasteiger partial charge in [0.05, 0.1) is 22.7 Å². The topological polar surface area (TPSA) is 69.7 Å². The molecule has 9 heteroatoms. The number of thiocarbonyl (C=S) groups is 1. The highest BCUT2D eigenvalue weighted by Crippen LogP contribution is 2.45. The number of para-hydroxylation sites is 1. The van der Waals surface area contributed by atoms with Gasteiger partial charge in [-0.25, -0.2) is 0 Å². The lowest BCUT2D eigenvalue weighted by Crippen LogP contribution is -2.35. The zero-order valence-corrected chi connectivity index (χ0v) is 22.5. The number of aryl methyl sites for hydroxylation is 2. The molecule has 0 aliphatic carbocycles. The van der Waals surface area contributed by atoms with Crippen LogP contribution in [0.4, 0.5) is 11.4 Å². The van der Waals surface area contributed by atoms with E-state index in [1.165, 1.54) is 9.80 Å². The van der Waals surface area contributed by atoms with Gasteiger partial charge in [-0.15, -0.1) is 0 Å². The quantitative estimate of drug-likeness (QED) is 0.327. The second-order valence-corrected chi connectivity index (χ2v) is 10.9. The fourth-order valence-corrected chi connectivity index (χ4v) is 5.82. The number of hydrogen-bond donors (Lipinski definition) is 1.